The first-order valence-corrected chi connectivity index (χ1v) is 11.7. The second kappa shape index (κ2) is 10.3. The highest BCUT2D eigenvalue weighted by atomic mass is 79.9. The van der Waals surface area contributed by atoms with E-state index in [1.165, 1.54) is 43.4 Å². The first-order valence-electron chi connectivity index (χ1n) is 8.92. The van der Waals surface area contributed by atoms with Crippen LogP contribution in [0.3, 0.4) is 0 Å². The fourth-order valence-electron chi connectivity index (χ4n) is 2.78. The molecule has 0 radical (unpaired) electrons. The molecule has 0 unspecified atom stereocenters. The Kier molecular flexibility index (Phi) is 8.47. The normalized spacial score (nSPS) is 12.7. The maximum Gasteiger partial charge on any atom is 0.0537 e. The molecule has 2 aromatic heterocycles. The Hall–Kier alpha value is -0.840. The number of allylic oxidation sites excluding steroid dienone is 3. The van der Waals surface area contributed by atoms with Gasteiger partial charge in [0.05, 0.1) is 10.6 Å². The summed E-state index contributed by atoms with van der Waals surface area (Å²) in [5, 5.41) is 6.77. The van der Waals surface area contributed by atoms with E-state index in [1.807, 2.05) is 11.3 Å². The zero-order valence-electron chi connectivity index (χ0n) is 15.6. The average molecular weight is 439 g/mol. The van der Waals surface area contributed by atoms with Crippen LogP contribution in [0.4, 0.5) is 0 Å². The van der Waals surface area contributed by atoms with Crippen molar-refractivity contribution >= 4 is 44.3 Å². The molecule has 0 aliphatic rings. The zero-order chi connectivity index (χ0) is 18.2. The monoisotopic (exact) mass is 437 g/mol. The SMILES string of the molecule is CCC/C=C(C)/C=C(/NCc1cccs1)c1sc(CC)c(CBr)c1C. The molecule has 0 aliphatic carbocycles. The standard InChI is InChI=1S/C21H28BrNS2/c1-5-7-9-15(3)12-19(23-14-17-10-8-11-24-17)21-16(4)18(13-22)20(6-2)25-21/h8-12,23H,5-7,13-14H2,1-4H3/b15-9+,19-12+. The minimum Gasteiger partial charge on any atom is -0.379 e. The van der Waals surface area contributed by atoms with Gasteiger partial charge in [-0.3, -0.25) is 0 Å². The van der Waals surface area contributed by atoms with Gasteiger partial charge < -0.3 is 5.32 Å². The van der Waals surface area contributed by atoms with E-state index in [2.05, 4.69) is 78.6 Å². The molecule has 2 heterocycles. The van der Waals surface area contributed by atoms with Crippen molar-refractivity contribution in [3.8, 4) is 0 Å². The van der Waals surface area contributed by atoms with Crippen molar-refractivity contribution in [2.75, 3.05) is 0 Å². The molecule has 0 atom stereocenters. The summed E-state index contributed by atoms with van der Waals surface area (Å²) >= 11 is 7.42. The van der Waals surface area contributed by atoms with Crippen LogP contribution in [0, 0.1) is 6.92 Å². The summed E-state index contributed by atoms with van der Waals surface area (Å²) in [6.07, 6.45) is 8.07. The van der Waals surface area contributed by atoms with Crippen molar-refractivity contribution in [3.05, 3.63) is 61.0 Å². The van der Waals surface area contributed by atoms with Gasteiger partial charge in [0.2, 0.25) is 0 Å². The lowest BCUT2D eigenvalue weighted by atomic mass is 10.1. The summed E-state index contributed by atoms with van der Waals surface area (Å²) in [5.41, 5.74) is 5.46. The maximum atomic E-state index is 3.70. The van der Waals surface area contributed by atoms with E-state index in [9.17, 15) is 0 Å². The Labute approximate surface area is 169 Å². The predicted octanol–water partition coefficient (Wildman–Crippen LogP) is 7.45. The van der Waals surface area contributed by atoms with Crippen molar-refractivity contribution < 1.29 is 0 Å². The summed E-state index contributed by atoms with van der Waals surface area (Å²) in [6.45, 7) is 9.82. The summed E-state index contributed by atoms with van der Waals surface area (Å²) in [6, 6.07) is 4.31. The van der Waals surface area contributed by atoms with E-state index in [1.54, 1.807) is 11.3 Å². The third kappa shape index (κ3) is 5.57. The van der Waals surface area contributed by atoms with Gasteiger partial charge in [0.25, 0.3) is 0 Å². The summed E-state index contributed by atoms with van der Waals surface area (Å²) < 4.78 is 0. The molecule has 2 rings (SSSR count). The Morgan fingerprint density at radius 1 is 1.32 bits per heavy atom. The van der Waals surface area contributed by atoms with Gasteiger partial charge in [-0.2, -0.15) is 0 Å². The Morgan fingerprint density at radius 3 is 2.68 bits per heavy atom. The number of nitrogens with one attached hydrogen (secondary N) is 1. The van der Waals surface area contributed by atoms with Crippen LogP contribution < -0.4 is 5.32 Å². The number of aryl methyl sites for hydroxylation is 1. The van der Waals surface area contributed by atoms with E-state index < -0.39 is 0 Å². The molecule has 0 aromatic carbocycles. The Balaban J connectivity index is 2.36. The van der Waals surface area contributed by atoms with Gasteiger partial charge >= 0.3 is 0 Å². The molecule has 0 bridgehead atoms. The van der Waals surface area contributed by atoms with E-state index in [-0.39, 0.29) is 0 Å². The van der Waals surface area contributed by atoms with Gasteiger partial charge in [-0.1, -0.05) is 53.9 Å². The third-order valence-electron chi connectivity index (χ3n) is 4.21. The van der Waals surface area contributed by atoms with Gasteiger partial charge in [-0.05, 0) is 55.3 Å². The molecule has 0 aliphatic heterocycles. The zero-order valence-corrected chi connectivity index (χ0v) is 18.8. The number of alkyl halides is 1. The molecule has 0 saturated carbocycles. The second-order valence-electron chi connectivity index (χ2n) is 6.17. The fraction of sp³-hybridized carbons (Fsp3) is 0.429. The molecule has 1 nitrogen and oxygen atoms in total. The van der Waals surface area contributed by atoms with Crippen molar-refractivity contribution in [1.29, 1.82) is 0 Å². The highest BCUT2D eigenvalue weighted by molar-refractivity contribution is 9.08. The number of rotatable bonds is 9. The van der Waals surface area contributed by atoms with Crippen LogP contribution in [0.1, 0.15) is 59.4 Å². The molecule has 0 amide bonds. The molecule has 136 valence electrons. The van der Waals surface area contributed by atoms with E-state index in [0.29, 0.717) is 0 Å². The van der Waals surface area contributed by atoms with Gasteiger partial charge in [0.1, 0.15) is 0 Å². The van der Waals surface area contributed by atoms with E-state index >= 15 is 0 Å². The van der Waals surface area contributed by atoms with Gasteiger partial charge in [0, 0.05) is 21.6 Å². The van der Waals surface area contributed by atoms with Crippen LogP contribution >= 0.6 is 38.6 Å². The third-order valence-corrected chi connectivity index (χ3v) is 7.16. The largest absolute Gasteiger partial charge is 0.379 e. The molecule has 0 spiro atoms. The van der Waals surface area contributed by atoms with Crippen molar-refractivity contribution in [1.82, 2.24) is 5.32 Å². The molecular formula is C21H28BrNS2. The predicted molar refractivity (Wildman–Crippen MR) is 119 cm³/mol. The minimum absolute atomic E-state index is 0.882. The molecule has 25 heavy (non-hydrogen) atoms. The molecule has 4 heteroatoms. The highest BCUT2D eigenvalue weighted by Crippen LogP contribution is 2.34. The van der Waals surface area contributed by atoms with Crippen LogP contribution in [0.15, 0.2) is 35.2 Å². The number of hydrogen-bond acceptors (Lipinski definition) is 3. The van der Waals surface area contributed by atoms with Crippen LogP contribution in [0.5, 0.6) is 0 Å². The number of halogens is 1. The number of thiophene rings is 2. The fourth-order valence-corrected chi connectivity index (χ4v) is 5.62. The maximum absolute atomic E-state index is 3.70. The summed E-state index contributed by atoms with van der Waals surface area (Å²) in [5.74, 6) is 0. The van der Waals surface area contributed by atoms with Crippen LogP contribution in [-0.4, -0.2) is 0 Å². The van der Waals surface area contributed by atoms with Gasteiger partial charge in [0.15, 0.2) is 0 Å². The quantitative estimate of drug-likeness (QED) is 0.317. The van der Waals surface area contributed by atoms with Crippen LogP contribution in [0.25, 0.3) is 5.70 Å². The topological polar surface area (TPSA) is 12.0 Å². The lowest BCUT2D eigenvalue weighted by molar-refractivity contribution is 0.907. The summed E-state index contributed by atoms with van der Waals surface area (Å²) in [4.78, 5) is 4.24. The smallest absolute Gasteiger partial charge is 0.0537 e. The lowest BCUT2D eigenvalue weighted by Gasteiger charge is -2.11. The van der Waals surface area contributed by atoms with E-state index in [0.717, 1.165) is 24.7 Å². The average Bonchev–Trinajstić information content (AvgIpc) is 3.24. The number of hydrogen-bond donors (Lipinski definition) is 1. The molecular weight excluding hydrogens is 410 g/mol. The van der Waals surface area contributed by atoms with Crippen molar-refractivity contribution in [2.24, 2.45) is 0 Å². The minimum atomic E-state index is 0.882. The van der Waals surface area contributed by atoms with Crippen molar-refractivity contribution in [3.63, 3.8) is 0 Å². The molecule has 0 fully saturated rings. The molecule has 0 saturated heterocycles. The second-order valence-corrected chi connectivity index (χ2v) is 8.87. The van der Waals surface area contributed by atoms with Crippen LogP contribution in [-0.2, 0) is 18.3 Å². The Morgan fingerprint density at radius 2 is 2.12 bits per heavy atom. The first kappa shape index (κ1) is 20.5. The Bertz CT molecular complexity index is 723. The van der Waals surface area contributed by atoms with E-state index in [4.69, 9.17) is 0 Å². The lowest BCUT2D eigenvalue weighted by Crippen LogP contribution is -2.11. The molecule has 2 aromatic rings. The van der Waals surface area contributed by atoms with Gasteiger partial charge in [-0.25, -0.2) is 0 Å². The van der Waals surface area contributed by atoms with Crippen LogP contribution in [0.2, 0.25) is 0 Å². The highest BCUT2D eigenvalue weighted by Gasteiger charge is 2.16. The summed E-state index contributed by atoms with van der Waals surface area (Å²) in [7, 11) is 0. The van der Waals surface area contributed by atoms with Gasteiger partial charge in [-0.15, -0.1) is 22.7 Å². The van der Waals surface area contributed by atoms with Crippen molar-refractivity contribution in [2.45, 2.75) is 58.8 Å². The first-order chi connectivity index (χ1) is 12.1. The number of unbranched alkanes of at least 4 members (excludes halogenated alkanes) is 1. The molecule has 1 N–H and O–H groups in total.